The van der Waals surface area contributed by atoms with Crippen molar-refractivity contribution >= 4 is 35.3 Å². The van der Waals surface area contributed by atoms with Crippen LogP contribution in [0.25, 0.3) is 0 Å². The fraction of sp³-hybridized carbons (Fsp3) is 0.550. The highest BCUT2D eigenvalue weighted by molar-refractivity contribution is 6.31. The van der Waals surface area contributed by atoms with E-state index < -0.39 is 12.0 Å². The number of anilines is 1. The van der Waals surface area contributed by atoms with Gasteiger partial charge in [-0.3, -0.25) is 14.6 Å². The number of carbonyl (C=O) groups is 2. The maximum atomic E-state index is 12.5. The molecule has 0 radical (unpaired) electrons. The van der Waals surface area contributed by atoms with Gasteiger partial charge in [0.1, 0.15) is 12.0 Å². The summed E-state index contributed by atoms with van der Waals surface area (Å²) in [7, 11) is 0. The molecule has 2 amide bonds. The molecule has 6 heteroatoms. The van der Waals surface area contributed by atoms with Crippen LogP contribution in [0.4, 0.5) is 5.69 Å². The minimum absolute atomic E-state index is 0.0830. The predicted octanol–water partition coefficient (Wildman–Crippen LogP) is 4.02. The molecular weight excluding hydrogens is 350 g/mol. The second-order valence-electron chi connectivity index (χ2n) is 7.62. The molecule has 0 aromatic heterocycles. The molecule has 0 spiro atoms. The van der Waals surface area contributed by atoms with E-state index in [1.807, 2.05) is 0 Å². The van der Waals surface area contributed by atoms with Crippen LogP contribution < -0.4 is 10.6 Å². The third kappa shape index (κ3) is 5.56. The van der Waals surface area contributed by atoms with Crippen molar-refractivity contribution in [3.63, 3.8) is 0 Å². The average molecular weight is 378 g/mol. The van der Waals surface area contributed by atoms with Crippen molar-refractivity contribution in [1.29, 1.82) is 0 Å². The number of fused-ring (bicyclic) bond motifs is 1. The van der Waals surface area contributed by atoms with Crippen LogP contribution in [-0.2, 0) is 9.59 Å². The van der Waals surface area contributed by atoms with Crippen molar-refractivity contribution in [1.82, 2.24) is 5.32 Å². The Bertz CT molecular complexity index is 686. The summed E-state index contributed by atoms with van der Waals surface area (Å²) in [6.07, 6.45) is 3.16. The highest BCUT2D eigenvalue weighted by Crippen LogP contribution is 2.33. The highest BCUT2D eigenvalue weighted by Gasteiger charge is 2.30. The van der Waals surface area contributed by atoms with Gasteiger partial charge in [0.15, 0.2) is 0 Å². The Labute approximate surface area is 160 Å². The molecule has 5 nitrogen and oxygen atoms in total. The van der Waals surface area contributed by atoms with Gasteiger partial charge in [0, 0.05) is 23.5 Å². The van der Waals surface area contributed by atoms with E-state index in [-0.39, 0.29) is 11.8 Å². The number of amides is 2. The van der Waals surface area contributed by atoms with E-state index in [4.69, 9.17) is 11.6 Å². The number of halogens is 1. The number of nitrogens with zero attached hydrogens (tertiary/aromatic N) is 1. The lowest BCUT2D eigenvalue weighted by Gasteiger charge is -2.16. The molecule has 0 bridgehead atoms. The summed E-state index contributed by atoms with van der Waals surface area (Å²) in [5.41, 5.74) is 1.55. The van der Waals surface area contributed by atoms with E-state index in [2.05, 4.69) is 43.3 Å². The molecule has 2 atom stereocenters. The fourth-order valence-electron chi connectivity index (χ4n) is 2.88. The number of nitrogens with one attached hydrogen (secondary N) is 2. The first-order valence-electron chi connectivity index (χ1n) is 9.19. The van der Waals surface area contributed by atoms with Gasteiger partial charge in [-0.25, -0.2) is 0 Å². The number of rotatable bonds is 8. The second-order valence-corrected chi connectivity index (χ2v) is 8.05. The highest BCUT2D eigenvalue weighted by atomic mass is 35.5. The Morgan fingerprint density at radius 1 is 1.31 bits per heavy atom. The largest absolute Gasteiger partial charge is 0.354 e. The molecule has 142 valence electrons. The lowest BCUT2D eigenvalue weighted by molar-refractivity contribution is -0.122. The number of hydrogen-bond acceptors (Lipinski definition) is 3. The number of benzene rings is 1. The van der Waals surface area contributed by atoms with E-state index in [0.717, 1.165) is 17.7 Å². The summed E-state index contributed by atoms with van der Waals surface area (Å²) in [5.74, 6) is 0.120. The van der Waals surface area contributed by atoms with E-state index in [0.29, 0.717) is 29.8 Å². The van der Waals surface area contributed by atoms with Gasteiger partial charge in [-0.05, 0) is 48.4 Å². The minimum Gasteiger partial charge on any atom is -0.354 e. The molecule has 1 aromatic rings. The predicted molar refractivity (Wildman–Crippen MR) is 107 cm³/mol. The molecule has 1 heterocycles. The molecule has 0 saturated heterocycles. The van der Waals surface area contributed by atoms with Gasteiger partial charge in [0.05, 0.1) is 0 Å². The van der Waals surface area contributed by atoms with Crippen LogP contribution in [0.15, 0.2) is 23.2 Å². The Morgan fingerprint density at radius 2 is 2.04 bits per heavy atom. The van der Waals surface area contributed by atoms with E-state index in [1.54, 1.807) is 24.4 Å². The van der Waals surface area contributed by atoms with Gasteiger partial charge in [0.25, 0.3) is 0 Å². The zero-order chi connectivity index (χ0) is 19.3. The van der Waals surface area contributed by atoms with E-state index in [9.17, 15) is 9.59 Å². The van der Waals surface area contributed by atoms with Gasteiger partial charge < -0.3 is 10.6 Å². The zero-order valence-electron chi connectivity index (χ0n) is 15.9. The van der Waals surface area contributed by atoms with Gasteiger partial charge in [-0.1, -0.05) is 39.3 Å². The maximum Gasteiger partial charge on any atom is 0.244 e. The molecule has 0 saturated carbocycles. The Hall–Kier alpha value is -1.88. The zero-order valence-corrected chi connectivity index (χ0v) is 16.6. The smallest absolute Gasteiger partial charge is 0.244 e. The normalized spacial score (nSPS) is 17.7. The van der Waals surface area contributed by atoms with Crippen LogP contribution in [0.2, 0.25) is 5.02 Å². The van der Waals surface area contributed by atoms with Crippen LogP contribution in [-0.4, -0.2) is 30.6 Å². The topological polar surface area (TPSA) is 70.6 Å². The van der Waals surface area contributed by atoms with Crippen LogP contribution >= 0.6 is 11.6 Å². The van der Waals surface area contributed by atoms with Gasteiger partial charge >= 0.3 is 0 Å². The minimum atomic E-state index is -0.512. The van der Waals surface area contributed by atoms with Crippen molar-refractivity contribution in [3.05, 3.63) is 28.8 Å². The second kappa shape index (κ2) is 9.17. The Kier molecular flexibility index (Phi) is 7.21. The van der Waals surface area contributed by atoms with Crippen LogP contribution in [0.3, 0.4) is 0 Å². The van der Waals surface area contributed by atoms with Crippen molar-refractivity contribution in [2.75, 3.05) is 11.9 Å². The average Bonchev–Trinajstić information content (AvgIpc) is 2.85. The molecule has 1 aliphatic rings. The molecule has 1 aromatic carbocycles. The Balaban J connectivity index is 2.11. The molecule has 26 heavy (non-hydrogen) atoms. The monoisotopic (exact) mass is 377 g/mol. The molecular formula is C20H28ClN3O2. The summed E-state index contributed by atoms with van der Waals surface area (Å²) in [6, 6.07) is 4.81. The van der Waals surface area contributed by atoms with Crippen molar-refractivity contribution < 1.29 is 9.59 Å². The number of hydrogen-bond donors (Lipinski definition) is 2. The van der Waals surface area contributed by atoms with Crippen molar-refractivity contribution in [2.24, 2.45) is 16.8 Å². The van der Waals surface area contributed by atoms with Crippen LogP contribution in [0, 0.1) is 11.8 Å². The summed E-state index contributed by atoms with van der Waals surface area (Å²) >= 11 is 6.05. The first-order chi connectivity index (χ1) is 12.3. The summed E-state index contributed by atoms with van der Waals surface area (Å²) < 4.78 is 0. The van der Waals surface area contributed by atoms with Gasteiger partial charge in [0.2, 0.25) is 11.8 Å². The molecule has 2 rings (SSSR count). The maximum absolute atomic E-state index is 12.5. The molecule has 2 N–H and O–H groups in total. The quantitative estimate of drug-likeness (QED) is 0.671. The first-order valence-corrected chi connectivity index (χ1v) is 9.57. The lowest BCUT2D eigenvalue weighted by Crippen LogP contribution is -2.35. The lowest BCUT2D eigenvalue weighted by atomic mass is 10.0. The molecule has 1 aliphatic heterocycles. The summed E-state index contributed by atoms with van der Waals surface area (Å²) in [5, 5.41) is 6.36. The Morgan fingerprint density at radius 3 is 2.69 bits per heavy atom. The van der Waals surface area contributed by atoms with E-state index >= 15 is 0 Å². The molecule has 1 unspecified atom stereocenters. The van der Waals surface area contributed by atoms with Crippen molar-refractivity contribution in [2.45, 2.75) is 52.5 Å². The number of aliphatic imine (C=N–C) groups is 1. The van der Waals surface area contributed by atoms with E-state index in [1.165, 1.54) is 0 Å². The van der Waals surface area contributed by atoms with Gasteiger partial charge in [-0.2, -0.15) is 0 Å². The van der Waals surface area contributed by atoms with Crippen LogP contribution in [0.1, 0.15) is 52.0 Å². The van der Waals surface area contributed by atoms with Crippen LogP contribution in [0.5, 0.6) is 0 Å². The third-order valence-electron chi connectivity index (χ3n) is 4.32. The summed E-state index contributed by atoms with van der Waals surface area (Å²) in [6.45, 7) is 9.00. The molecule has 0 fully saturated rings. The summed E-state index contributed by atoms with van der Waals surface area (Å²) in [4.78, 5) is 29.2. The fourth-order valence-corrected chi connectivity index (χ4v) is 3.06. The number of carbonyl (C=O) groups excluding carboxylic acids is 2. The first kappa shape index (κ1) is 20.4. The standard InChI is InChI=1S/C20H28ClN3O2/c1-12(2)7-8-22-20(26)18(9-13(3)4)23-11-16-15-10-14(21)5-6-17(15)24-19(16)25/h5-6,10-13,16,18H,7-9H2,1-4H3,(H,22,26)(H,24,25)/t16?,18-/m0/s1. The molecule has 0 aliphatic carbocycles. The van der Waals surface area contributed by atoms with Gasteiger partial charge in [-0.15, -0.1) is 0 Å². The third-order valence-corrected chi connectivity index (χ3v) is 4.56. The van der Waals surface area contributed by atoms with Crippen molar-refractivity contribution in [3.8, 4) is 0 Å². The SMILES string of the molecule is CC(C)CCNC(=O)[C@H](CC(C)C)N=CC1C(=O)Nc2ccc(Cl)cc21.